The molecule has 1 N–H and O–H groups in total. The Labute approximate surface area is 139 Å². The smallest absolute Gasteiger partial charge is 0.253 e. The van der Waals surface area contributed by atoms with Gasteiger partial charge < -0.3 is 5.32 Å². The summed E-state index contributed by atoms with van der Waals surface area (Å²) in [6.07, 6.45) is 2.76. The number of amides is 1. The standard InChI is InChI=1S/C15H17N3O3S2/c1-11-7-8-14(22-11)23(20,21)18-10-4-5-12(18)15(19)17-13-6-2-3-9-16-13/h2-3,6-9,12H,4-5,10H2,1H3,(H,16,17,19). The summed E-state index contributed by atoms with van der Waals surface area (Å²) in [6.45, 7) is 2.22. The van der Waals surface area contributed by atoms with E-state index in [1.165, 1.54) is 15.6 Å². The van der Waals surface area contributed by atoms with Crippen LogP contribution in [0.25, 0.3) is 0 Å². The molecular weight excluding hydrogens is 334 g/mol. The van der Waals surface area contributed by atoms with Crippen molar-refractivity contribution < 1.29 is 13.2 Å². The van der Waals surface area contributed by atoms with Gasteiger partial charge >= 0.3 is 0 Å². The quantitative estimate of drug-likeness (QED) is 0.916. The minimum atomic E-state index is -3.63. The molecule has 8 heteroatoms. The molecule has 1 aliphatic rings. The van der Waals surface area contributed by atoms with Crippen LogP contribution in [0.2, 0.25) is 0 Å². The third-order valence-electron chi connectivity index (χ3n) is 3.70. The van der Waals surface area contributed by atoms with Gasteiger partial charge in [0.2, 0.25) is 5.91 Å². The molecule has 0 spiro atoms. The minimum absolute atomic E-state index is 0.285. The highest BCUT2D eigenvalue weighted by atomic mass is 32.2. The number of nitrogens with one attached hydrogen (secondary N) is 1. The third kappa shape index (κ3) is 3.29. The Morgan fingerprint density at radius 1 is 1.35 bits per heavy atom. The average Bonchev–Trinajstić information content (AvgIpc) is 3.17. The number of pyridine rings is 1. The maximum Gasteiger partial charge on any atom is 0.253 e. The largest absolute Gasteiger partial charge is 0.309 e. The third-order valence-corrected chi connectivity index (χ3v) is 7.08. The van der Waals surface area contributed by atoms with Gasteiger partial charge in [0.1, 0.15) is 16.1 Å². The van der Waals surface area contributed by atoms with E-state index in [-0.39, 0.29) is 10.1 Å². The first kappa shape index (κ1) is 16.1. The molecule has 1 fully saturated rings. The molecule has 23 heavy (non-hydrogen) atoms. The van der Waals surface area contributed by atoms with Gasteiger partial charge in [-0.05, 0) is 44.0 Å². The second kappa shape index (κ2) is 6.38. The molecule has 2 aromatic heterocycles. The zero-order valence-electron chi connectivity index (χ0n) is 12.6. The number of hydrogen-bond acceptors (Lipinski definition) is 5. The second-order valence-corrected chi connectivity index (χ2v) is 8.75. The van der Waals surface area contributed by atoms with Gasteiger partial charge in [-0.2, -0.15) is 4.31 Å². The predicted octanol–water partition coefficient (Wildman–Crippen LogP) is 2.24. The number of aromatic nitrogens is 1. The van der Waals surface area contributed by atoms with E-state index in [1.54, 1.807) is 36.5 Å². The van der Waals surface area contributed by atoms with E-state index in [9.17, 15) is 13.2 Å². The lowest BCUT2D eigenvalue weighted by atomic mass is 10.2. The number of carbonyl (C=O) groups is 1. The number of carbonyl (C=O) groups excluding carboxylic acids is 1. The van der Waals surface area contributed by atoms with Gasteiger partial charge in [-0.15, -0.1) is 11.3 Å². The van der Waals surface area contributed by atoms with Crippen LogP contribution in [0.15, 0.2) is 40.7 Å². The summed E-state index contributed by atoms with van der Waals surface area (Å²) >= 11 is 1.23. The lowest BCUT2D eigenvalue weighted by Gasteiger charge is -2.22. The Bertz CT molecular complexity index is 802. The summed E-state index contributed by atoms with van der Waals surface area (Å²) in [5.41, 5.74) is 0. The Morgan fingerprint density at radius 3 is 2.83 bits per heavy atom. The zero-order chi connectivity index (χ0) is 16.4. The van der Waals surface area contributed by atoms with Crippen molar-refractivity contribution in [3.63, 3.8) is 0 Å². The Morgan fingerprint density at radius 2 is 2.17 bits per heavy atom. The molecule has 122 valence electrons. The van der Waals surface area contributed by atoms with Crippen molar-refractivity contribution in [2.24, 2.45) is 0 Å². The van der Waals surface area contributed by atoms with Gasteiger partial charge in [-0.25, -0.2) is 13.4 Å². The molecular formula is C15H17N3O3S2. The van der Waals surface area contributed by atoms with E-state index < -0.39 is 16.1 Å². The van der Waals surface area contributed by atoms with Crippen LogP contribution >= 0.6 is 11.3 Å². The maximum absolute atomic E-state index is 12.8. The van der Waals surface area contributed by atoms with E-state index in [0.29, 0.717) is 25.2 Å². The van der Waals surface area contributed by atoms with Gasteiger partial charge in [-0.1, -0.05) is 6.07 Å². The van der Waals surface area contributed by atoms with Crippen molar-refractivity contribution in [2.45, 2.75) is 30.0 Å². The summed E-state index contributed by atoms with van der Waals surface area (Å²) in [6, 6.07) is 7.87. The fourth-order valence-corrected chi connectivity index (χ4v) is 5.67. The van der Waals surface area contributed by atoms with E-state index in [0.717, 1.165) is 4.88 Å². The second-order valence-electron chi connectivity index (χ2n) is 5.34. The van der Waals surface area contributed by atoms with Crippen molar-refractivity contribution in [3.05, 3.63) is 41.4 Å². The van der Waals surface area contributed by atoms with Crippen molar-refractivity contribution in [1.29, 1.82) is 0 Å². The number of aryl methyl sites for hydroxylation is 1. The normalized spacial score (nSPS) is 18.9. The van der Waals surface area contributed by atoms with Gasteiger partial charge in [0, 0.05) is 17.6 Å². The van der Waals surface area contributed by atoms with Gasteiger partial charge in [0.15, 0.2) is 0 Å². The SMILES string of the molecule is Cc1ccc(S(=O)(=O)N2CCCC2C(=O)Nc2ccccn2)s1. The number of sulfonamides is 1. The van der Waals surface area contributed by atoms with Crippen LogP contribution in [0.3, 0.4) is 0 Å². The van der Waals surface area contributed by atoms with Crippen LogP contribution in [0.4, 0.5) is 5.82 Å². The number of nitrogens with zero attached hydrogens (tertiary/aromatic N) is 2. The van der Waals surface area contributed by atoms with Crippen LogP contribution in [-0.4, -0.2) is 36.2 Å². The number of hydrogen-bond donors (Lipinski definition) is 1. The Hall–Kier alpha value is -1.77. The van der Waals surface area contributed by atoms with Crippen molar-refractivity contribution in [1.82, 2.24) is 9.29 Å². The number of thiophene rings is 1. The topological polar surface area (TPSA) is 79.4 Å². The molecule has 2 aromatic rings. The van der Waals surface area contributed by atoms with E-state index in [1.807, 2.05) is 6.92 Å². The molecule has 0 bridgehead atoms. The molecule has 0 saturated carbocycles. The Balaban J connectivity index is 1.81. The van der Waals surface area contributed by atoms with Gasteiger partial charge in [-0.3, -0.25) is 4.79 Å². The van der Waals surface area contributed by atoms with Gasteiger partial charge in [0.05, 0.1) is 0 Å². The Kier molecular flexibility index (Phi) is 4.47. The van der Waals surface area contributed by atoms with Crippen molar-refractivity contribution in [3.8, 4) is 0 Å². The minimum Gasteiger partial charge on any atom is -0.309 e. The van der Waals surface area contributed by atoms with Crippen molar-refractivity contribution in [2.75, 3.05) is 11.9 Å². The van der Waals surface area contributed by atoms with Crippen LogP contribution < -0.4 is 5.32 Å². The molecule has 1 aliphatic heterocycles. The predicted molar refractivity (Wildman–Crippen MR) is 88.8 cm³/mol. The van der Waals surface area contributed by atoms with Crippen LogP contribution in [0.1, 0.15) is 17.7 Å². The monoisotopic (exact) mass is 351 g/mol. The highest BCUT2D eigenvalue weighted by Gasteiger charge is 2.40. The van der Waals surface area contributed by atoms with E-state index in [4.69, 9.17) is 0 Å². The molecule has 3 rings (SSSR count). The number of anilines is 1. The number of rotatable bonds is 4. The van der Waals surface area contributed by atoms with Crippen LogP contribution in [0, 0.1) is 6.92 Å². The maximum atomic E-state index is 12.8. The molecule has 1 saturated heterocycles. The molecule has 1 atom stereocenters. The zero-order valence-corrected chi connectivity index (χ0v) is 14.2. The molecule has 1 unspecified atom stereocenters. The van der Waals surface area contributed by atoms with Crippen molar-refractivity contribution >= 4 is 33.1 Å². The summed E-state index contributed by atoms with van der Waals surface area (Å²) < 4.78 is 27.1. The fraction of sp³-hybridized carbons (Fsp3) is 0.333. The summed E-state index contributed by atoms with van der Waals surface area (Å²) in [4.78, 5) is 17.4. The first-order valence-electron chi connectivity index (χ1n) is 7.28. The summed E-state index contributed by atoms with van der Waals surface area (Å²) in [7, 11) is -3.63. The molecule has 0 aliphatic carbocycles. The summed E-state index contributed by atoms with van der Waals surface area (Å²) in [5, 5.41) is 2.69. The molecule has 6 nitrogen and oxygen atoms in total. The highest BCUT2D eigenvalue weighted by molar-refractivity contribution is 7.91. The molecule has 3 heterocycles. The summed E-state index contributed by atoms with van der Waals surface area (Å²) in [5.74, 6) is 0.0896. The molecule has 1 amide bonds. The molecule has 0 radical (unpaired) electrons. The first-order chi connectivity index (χ1) is 11.0. The highest BCUT2D eigenvalue weighted by Crippen LogP contribution is 2.30. The first-order valence-corrected chi connectivity index (χ1v) is 9.54. The van der Waals surface area contributed by atoms with Gasteiger partial charge in [0.25, 0.3) is 10.0 Å². The van der Waals surface area contributed by atoms with Crippen LogP contribution in [-0.2, 0) is 14.8 Å². The van der Waals surface area contributed by atoms with E-state index in [2.05, 4.69) is 10.3 Å². The lowest BCUT2D eigenvalue weighted by molar-refractivity contribution is -0.119. The average molecular weight is 351 g/mol. The fourth-order valence-electron chi connectivity index (χ4n) is 2.60. The molecule has 0 aromatic carbocycles. The lowest BCUT2D eigenvalue weighted by Crippen LogP contribution is -2.42. The van der Waals surface area contributed by atoms with E-state index >= 15 is 0 Å². The van der Waals surface area contributed by atoms with Crippen LogP contribution in [0.5, 0.6) is 0 Å².